The van der Waals surface area contributed by atoms with Crippen LogP contribution in [-0.2, 0) is 9.53 Å². The highest BCUT2D eigenvalue weighted by Crippen LogP contribution is 2.33. The topological polar surface area (TPSA) is 70.4 Å². The minimum atomic E-state index is -1.00. The van der Waals surface area contributed by atoms with Crippen molar-refractivity contribution in [2.45, 2.75) is 50.7 Å². The maximum atomic E-state index is 13.3. The number of esters is 1. The summed E-state index contributed by atoms with van der Waals surface area (Å²) in [7, 11) is 1.60. The number of ether oxygens (including phenoxy) is 1. The number of nitriles is 1. The molecule has 0 radical (unpaired) electrons. The van der Waals surface area contributed by atoms with Crippen LogP contribution in [0.3, 0.4) is 0 Å². The van der Waals surface area contributed by atoms with Crippen molar-refractivity contribution in [1.29, 1.82) is 5.26 Å². The number of rotatable bonds is 4. The summed E-state index contributed by atoms with van der Waals surface area (Å²) < 4.78 is 19.4. The Bertz CT molecular complexity index is 912. The molecule has 1 saturated carbocycles. The number of fused-ring (bicyclic) bond motifs is 1. The van der Waals surface area contributed by atoms with Gasteiger partial charge in [0.25, 0.3) is 5.91 Å². The third kappa shape index (κ3) is 3.81. The molecule has 142 valence electrons. The summed E-state index contributed by atoms with van der Waals surface area (Å²) in [6, 6.07) is 8.14. The molecule has 0 aliphatic heterocycles. The lowest BCUT2D eigenvalue weighted by molar-refractivity contribution is -0.143. The van der Waals surface area contributed by atoms with E-state index < -0.39 is 17.6 Å². The predicted molar refractivity (Wildman–Crippen MR) is 101 cm³/mol. The molecule has 27 heavy (non-hydrogen) atoms. The van der Waals surface area contributed by atoms with E-state index in [4.69, 9.17) is 4.74 Å². The molecule has 0 N–H and O–H groups in total. The highest BCUT2D eigenvalue weighted by molar-refractivity contribution is 7.20. The first kappa shape index (κ1) is 19.3. The van der Waals surface area contributed by atoms with Crippen LogP contribution < -0.4 is 0 Å². The zero-order valence-electron chi connectivity index (χ0n) is 15.3. The zero-order chi connectivity index (χ0) is 19.6. The van der Waals surface area contributed by atoms with Crippen molar-refractivity contribution in [1.82, 2.24) is 4.90 Å². The van der Waals surface area contributed by atoms with Gasteiger partial charge in [0.15, 0.2) is 6.10 Å². The standard InChI is InChI=1S/C20H21FN2O3S/c1-13(18(24)23(2)20(12-22)8-4-3-5-9-20)26-19(25)17-11-14-10-15(21)6-7-16(14)27-17/h6-7,10-11,13H,3-5,8-9H2,1-2H3/t13-/m1/s1. The van der Waals surface area contributed by atoms with Gasteiger partial charge in [-0.1, -0.05) is 19.3 Å². The second-order valence-corrected chi connectivity index (χ2v) is 8.03. The fourth-order valence-corrected chi connectivity index (χ4v) is 4.45. The number of nitrogens with zero attached hydrogens (tertiary/aromatic N) is 2. The zero-order valence-corrected chi connectivity index (χ0v) is 16.1. The van der Waals surface area contributed by atoms with Gasteiger partial charge >= 0.3 is 5.97 Å². The van der Waals surface area contributed by atoms with Crippen molar-refractivity contribution in [3.05, 3.63) is 35.0 Å². The van der Waals surface area contributed by atoms with E-state index in [9.17, 15) is 19.2 Å². The van der Waals surface area contributed by atoms with E-state index in [1.807, 2.05) is 0 Å². The van der Waals surface area contributed by atoms with Crippen LogP contribution in [0.1, 0.15) is 48.7 Å². The third-order valence-corrected chi connectivity index (χ3v) is 6.27. The van der Waals surface area contributed by atoms with Crippen molar-refractivity contribution in [2.24, 2.45) is 0 Å². The minimum Gasteiger partial charge on any atom is -0.448 e. The number of likely N-dealkylation sites (N-methyl/N-ethyl adjacent to an activating group) is 1. The van der Waals surface area contributed by atoms with Crippen LogP contribution in [0.25, 0.3) is 10.1 Å². The van der Waals surface area contributed by atoms with Crippen LogP contribution >= 0.6 is 11.3 Å². The summed E-state index contributed by atoms with van der Waals surface area (Å²) >= 11 is 1.19. The van der Waals surface area contributed by atoms with Gasteiger partial charge in [0.1, 0.15) is 16.2 Å². The summed E-state index contributed by atoms with van der Waals surface area (Å²) in [6.07, 6.45) is 3.12. The molecule has 1 aliphatic rings. The quantitative estimate of drug-likeness (QED) is 0.734. The Kier molecular flexibility index (Phi) is 5.47. The second kappa shape index (κ2) is 7.65. The average molecular weight is 388 g/mol. The normalized spacial score (nSPS) is 17.1. The highest BCUT2D eigenvalue weighted by atomic mass is 32.1. The highest BCUT2D eigenvalue weighted by Gasteiger charge is 2.40. The fraction of sp³-hybridized carbons (Fsp3) is 0.450. The maximum Gasteiger partial charge on any atom is 0.349 e. The average Bonchev–Trinajstić information content (AvgIpc) is 3.10. The van der Waals surface area contributed by atoms with Gasteiger partial charge in [0.05, 0.1) is 6.07 Å². The van der Waals surface area contributed by atoms with Gasteiger partial charge in [0, 0.05) is 11.7 Å². The molecule has 0 unspecified atom stereocenters. The van der Waals surface area contributed by atoms with Crippen molar-refractivity contribution in [2.75, 3.05) is 7.05 Å². The Hall–Kier alpha value is -2.46. The van der Waals surface area contributed by atoms with Crippen molar-refractivity contribution < 1.29 is 18.7 Å². The smallest absolute Gasteiger partial charge is 0.349 e. The molecule has 0 bridgehead atoms. The number of carbonyl (C=O) groups excluding carboxylic acids is 2. The second-order valence-electron chi connectivity index (χ2n) is 6.94. The molecule has 0 spiro atoms. The van der Waals surface area contributed by atoms with Gasteiger partial charge in [-0.15, -0.1) is 11.3 Å². The van der Waals surface area contributed by atoms with Crippen LogP contribution in [-0.4, -0.2) is 35.5 Å². The largest absolute Gasteiger partial charge is 0.448 e. The predicted octanol–water partition coefficient (Wildman–Crippen LogP) is 4.27. The number of halogens is 1. The SMILES string of the molecule is C[C@@H](OC(=O)c1cc2cc(F)ccc2s1)C(=O)N(C)C1(C#N)CCCCC1. The molecule has 1 aliphatic carbocycles. The Morgan fingerprint density at radius 3 is 2.67 bits per heavy atom. The van der Waals surface area contributed by atoms with Crippen molar-refractivity contribution in [3.63, 3.8) is 0 Å². The van der Waals surface area contributed by atoms with E-state index in [1.165, 1.54) is 35.3 Å². The number of benzene rings is 1. The monoisotopic (exact) mass is 388 g/mol. The molecule has 7 heteroatoms. The Morgan fingerprint density at radius 1 is 1.30 bits per heavy atom. The van der Waals surface area contributed by atoms with Gasteiger partial charge in [-0.2, -0.15) is 5.26 Å². The van der Waals surface area contributed by atoms with Gasteiger partial charge in [-0.05, 0) is 49.4 Å². The van der Waals surface area contributed by atoms with E-state index in [0.29, 0.717) is 23.1 Å². The molecule has 1 aromatic heterocycles. The first-order valence-electron chi connectivity index (χ1n) is 8.95. The summed E-state index contributed by atoms with van der Waals surface area (Å²) in [6.45, 7) is 1.51. The fourth-order valence-electron chi connectivity index (χ4n) is 3.53. The molecular formula is C20H21FN2O3S. The van der Waals surface area contributed by atoms with E-state index in [2.05, 4.69) is 6.07 Å². The molecule has 3 rings (SSSR count). The van der Waals surface area contributed by atoms with E-state index in [-0.39, 0.29) is 11.7 Å². The molecule has 1 fully saturated rings. The van der Waals surface area contributed by atoms with Crippen molar-refractivity contribution >= 4 is 33.3 Å². The molecule has 1 heterocycles. The molecular weight excluding hydrogens is 367 g/mol. The van der Waals surface area contributed by atoms with Gasteiger partial charge < -0.3 is 9.64 Å². The number of amides is 1. The van der Waals surface area contributed by atoms with E-state index in [0.717, 1.165) is 24.0 Å². The lowest BCUT2D eigenvalue weighted by Gasteiger charge is -2.39. The first-order chi connectivity index (χ1) is 12.9. The first-order valence-corrected chi connectivity index (χ1v) is 9.77. The van der Waals surface area contributed by atoms with Crippen LogP contribution in [0.5, 0.6) is 0 Å². The van der Waals surface area contributed by atoms with Crippen LogP contribution in [0.15, 0.2) is 24.3 Å². The van der Waals surface area contributed by atoms with Gasteiger partial charge in [-0.3, -0.25) is 4.79 Å². The van der Waals surface area contributed by atoms with Gasteiger partial charge in [-0.25, -0.2) is 9.18 Å². The lowest BCUT2D eigenvalue weighted by atomic mass is 9.81. The number of carbonyl (C=O) groups is 2. The molecule has 5 nitrogen and oxygen atoms in total. The minimum absolute atomic E-state index is 0.311. The lowest BCUT2D eigenvalue weighted by Crippen LogP contribution is -2.53. The molecule has 1 atom stereocenters. The summed E-state index contributed by atoms with van der Waals surface area (Å²) in [5.74, 6) is -1.39. The molecule has 0 saturated heterocycles. The number of hydrogen-bond acceptors (Lipinski definition) is 5. The maximum absolute atomic E-state index is 13.3. The Morgan fingerprint density at radius 2 is 2.00 bits per heavy atom. The molecule has 2 aromatic rings. The van der Waals surface area contributed by atoms with E-state index >= 15 is 0 Å². The Labute approximate surface area is 161 Å². The number of thiophene rings is 1. The van der Waals surface area contributed by atoms with Crippen LogP contribution in [0.2, 0.25) is 0 Å². The summed E-state index contributed by atoms with van der Waals surface area (Å²) in [5, 5.41) is 10.2. The van der Waals surface area contributed by atoms with Gasteiger partial charge in [0.2, 0.25) is 0 Å². The number of hydrogen-bond donors (Lipinski definition) is 0. The summed E-state index contributed by atoms with van der Waals surface area (Å²) in [5.41, 5.74) is -0.828. The summed E-state index contributed by atoms with van der Waals surface area (Å²) in [4.78, 5) is 26.9. The molecule has 1 aromatic carbocycles. The third-order valence-electron chi connectivity index (χ3n) is 5.17. The van der Waals surface area contributed by atoms with Crippen molar-refractivity contribution in [3.8, 4) is 6.07 Å². The van der Waals surface area contributed by atoms with E-state index in [1.54, 1.807) is 19.2 Å². The molecule has 1 amide bonds. The Balaban J connectivity index is 1.71. The van der Waals surface area contributed by atoms with Crippen LogP contribution in [0, 0.1) is 17.1 Å². The van der Waals surface area contributed by atoms with Crippen LogP contribution in [0.4, 0.5) is 4.39 Å².